The van der Waals surface area contributed by atoms with Gasteiger partial charge in [0.05, 0.1) is 6.04 Å². The number of amides is 2. The number of nitrogens with one attached hydrogen (secondary N) is 2. The zero-order valence-corrected chi connectivity index (χ0v) is 16.8. The third-order valence-electron chi connectivity index (χ3n) is 4.76. The molecule has 1 aliphatic heterocycles. The fourth-order valence-electron chi connectivity index (χ4n) is 3.16. The molecule has 2 amide bonds. The van der Waals surface area contributed by atoms with Gasteiger partial charge >= 0.3 is 0 Å². The quantitative estimate of drug-likeness (QED) is 0.677. The number of anilines is 2. The number of ether oxygens (including phenoxy) is 2. The van der Waals surface area contributed by atoms with Gasteiger partial charge in [0.1, 0.15) is 0 Å². The van der Waals surface area contributed by atoms with Crippen molar-refractivity contribution in [3.8, 4) is 11.5 Å². The van der Waals surface area contributed by atoms with Crippen LogP contribution >= 0.6 is 0 Å². The van der Waals surface area contributed by atoms with E-state index in [0.29, 0.717) is 23.7 Å². The first-order chi connectivity index (χ1) is 14.1. The Hall–Kier alpha value is -3.06. The van der Waals surface area contributed by atoms with Crippen molar-refractivity contribution in [1.82, 2.24) is 4.90 Å². The van der Waals surface area contributed by atoms with Crippen molar-refractivity contribution in [2.75, 3.05) is 30.5 Å². The lowest BCUT2D eigenvalue weighted by Crippen LogP contribution is -2.43. The zero-order valence-electron chi connectivity index (χ0n) is 16.8. The minimum atomic E-state index is -0.339. The highest BCUT2D eigenvalue weighted by molar-refractivity contribution is 5.94. The minimum absolute atomic E-state index is 0.0826. The van der Waals surface area contributed by atoms with E-state index < -0.39 is 0 Å². The molecule has 7 nitrogen and oxygen atoms in total. The average molecular weight is 397 g/mol. The van der Waals surface area contributed by atoms with E-state index in [1.807, 2.05) is 42.2 Å². The normalized spacial score (nSPS) is 13.2. The first-order valence-corrected chi connectivity index (χ1v) is 9.86. The molecule has 0 aromatic heterocycles. The second-order valence-corrected chi connectivity index (χ2v) is 6.93. The summed E-state index contributed by atoms with van der Waals surface area (Å²) >= 11 is 0. The molecule has 0 saturated heterocycles. The van der Waals surface area contributed by atoms with Gasteiger partial charge in [0, 0.05) is 30.4 Å². The van der Waals surface area contributed by atoms with Crippen LogP contribution in [0.2, 0.25) is 0 Å². The van der Waals surface area contributed by atoms with Crippen molar-refractivity contribution in [3.63, 3.8) is 0 Å². The highest BCUT2D eigenvalue weighted by Crippen LogP contribution is 2.34. The number of nitrogens with zero attached hydrogens (tertiary/aromatic N) is 1. The van der Waals surface area contributed by atoms with Crippen molar-refractivity contribution < 1.29 is 19.1 Å². The van der Waals surface area contributed by atoms with Gasteiger partial charge in [-0.1, -0.05) is 25.1 Å². The van der Waals surface area contributed by atoms with Crippen LogP contribution < -0.4 is 20.1 Å². The number of carbonyl (C=O) groups excluding carboxylic acids is 2. The zero-order chi connectivity index (χ0) is 20.6. The van der Waals surface area contributed by atoms with Gasteiger partial charge in [-0.2, -0.15) is 0 Å². The molecule has 2 N–H and O–H groups in total. The molecule has 0 spiro atoms. The number of hydrogen-bond acceptors (Lipinski definition) is 5. The van der Waals surface area contributed by atoms with Gasteiger partial charge in [-0.05, 0) is 44.2 Å². The van der Waals surface area contributed by atoms with E-state index in [0.717, 1.165) is 18.7 Å². The molecule has 1 heterocycles. The first kappa shape index (κ1) is 20.7. The summed E-state index contributed by atoms with van der Waals surface area (Å²) in [6.45, 7) is 5.35. The monoisotopic (exact) mass is 397 g/mol. The summed E-state index contributed by atoms with van der Waals surface area (Å²) in [5.41, 5.74) is 1.43. The van der Waals surface area contributed by atoms with Crippen LogP contribution in [-0.4, -0.2) is 42.6 Å². The molecule has 154 valence electrons. The van der Waals surface area contributed by atoms with Crippen LogP contribution in [-0.2, 0) is 9.59 Å². The highest BCUT2D eigenvalue weighted by Gasteiger charge is 2.22. The molecule has 2 aromatic rings. The minimum Gasteiger partial charge on any atom is -0.454 e. The predicted molar refractivity (Wildman–Crippen MR) is 112 cm³/mol. The van der Waals surface area contributed by atoms with Crippen LogP contribution in [0.15, 0.2) is 48.5 Å². The molecular formula is C22H27N3O4. The van der Waals surface area contributed by atoms with Crippen molar-refractivity contribution >= 4 is 23.2 Å². The van der Waals surface area contributed by atoms with E-state index in [-0.39, 0.29) is 31.1 Å². The third-order valence-corrected chi connectivity index (χ3v) is 4.76. The van der Waals surface area contributed by atoms with Crippen LogP contribution in [0, 0.1) is 0 Å². The van der Waals surface area contributed by atoms with Gasteiger partial charge in [0.15, 0.2) is 11.5 Å². The Balaban J connectivity index is 1.52. The summed E-state index contributed by atoms with van der Waals surface area (Å²) in [7, 11) is 0. The summed E-state index contributed by atoms with van der Waals surface area (Å²) in [5.74, 6) is 1.11. The van der Waals surface area contributed by atoms with Gasteiger partial charge < -0.3 is 20.1 Å². The summed E-state index contributed by atoms with van der Waals surface area (Å²) in [4.78, 5) is 27.0. The molecule has 7 heteroatoms. The van der Waals surface area contributed by atoms with Crippen molar-refractivity contribution in [1.29, 1.82) is 0 Å². The Morgan fingerprint density at radius 1 is 1.00 bits per heavy atom. The average Bonchev–Trinajstić information content (AvgIpc) is 3.19. The van der Waals surface area contributed by atoms with E-state index in [1.165, 1.54) is 0 Å². The molecule has 29 heavy (non-hydrogen) atoms. The number of benzene rings is 2. The van der Waals surface area contributed by atoms with Gasteiger partial charge in [-0.3, -0.25) is 14.5 Å². The fourth-order valence-corrected chi connectivity index (χ4v) is 3.16. The lowest BCUT2D eigenvalue weighted by atomic mass is 10.2. The van der Waals surface area contributed by atoms with E-state index in [2.05, 4.69) is 17.6 Å². The second-order valence-electron chi connectivity index (χ2n) is 6.93. The van der Waals surface area contributed by atoms with Crippen molar-refractivity contribution in [2.24, 2.45) is 0 Å². The smallest absolute Gasteiger partial charge is 0.241 e. The van der Waals surface area contributed by atoms with Crippen LogP contribution in [0.5, 0.6) is 11.5 Å². The Labute approximate surface area is 171 Å². The summed E-state index contributed by atoms with van der Waals surface area (Å²) < 4.78 is 10.6. The highest BCUT2D eigenvalue weighted by atomic mass is 16.7. The molecule has 1 unspecified atom stereocenters. The molecule has 1 aliphatic rings. The lowest BCUT2D eigenvalue weighted by Gasteiger charge is -2.27. The van der Waals surface area contributed by atoms with E-state index in [1.54, 1.807) is 18.2 Å². The maximum atomic E-state index is 12.6. The Morgan fingerprint density at radius 3 is 2.52 bits per heavy atom. The van der Waals surface area contributed by atoms with E-state index in [9.17, 15) is 9.59 Å². The number of carbonyl (C=O) groups is 2. The van der Waals surface area contributed by atoms with Gasteiger partial charge in [0.25, 0.3) is 0 Å². The Kier molecular flexibility index (Phi) is 7.08. The third kappa shape index (κ3) is 5.71. The van der Waals surface area contributed by atoms with E-state index in [4.69, 9.17) is 9.47 Å². The predicted octanol–water partition coefficient (Wildman–Crippen LogP) is 3.48. The summed E-state index contributed by atoms with van der Waals surface area (Å²) in [6, 6.07) is 14.3. The van der Waals surface area contributed by atoms with Crippen molar-refractivity contribution in [3.05, 3.63) is 48.5 Å². The molecule has 2 aromatic carbocycles. The van der Waals surface area contributed by atoms with Gasteiger partial charge in [0.2, 0.25) is 18.6 Å². The maximum Gasteiger partial charge on any atom is 0.241 e. The van der Waals surface area contributed by atoms with Gasteiger partial charge in [-0.25, -0.2) is 0 Å². The maximum absolute atomic E-state index is 12.6. The van der Waals surface area contributed by atoms with Crippen LogP contribution in [0.4, 0.5) is 11.4 Å². The standard InChI is InChI=1S/C22H27N3O4/c1-3-12-25(16(2)22(27)24-17-7-5-4-6-8-17)13-11-21(26)23-18-9-10-19-20(14-18)29-15-28-19/h4-10,14,16H,3,11-13,15H2,1-2H3,(H,23,26)(H,24,27). The largest absolute Gasteiger partial charge is 0.454 e. The van der Waals surface area contributed by atoms with E-state index >= 15 is 0 Å². The topological polar surface area (TPSA) is 79.9 Å². The van der Waals surface area contributed by atoms with Crippen LogP contribution in [0.25, 0.3) is 0 Å². The number of rotatable bonds is 9. The molecule has 0 fully saturated rings. The lowest BCUT2D eigenvalue weighted by molar-refractivity contribution is -0.122. The number of hydrogen-bond donors (Lipinski definition) is 2. The first-order valence-electron chi connectivity index (χ1n) is 9.86. The van der Waals surface area contributed by atoms with Crippen LogP contribution in [0.3, 0.4) is 0 Å². The molecule has 3 rings (SSSR count). The van der Waals surface area contributed by atoms with Gasteiger partial charge in [-0.15, -0.1) is 0 Å². The fraction of sp³-hybridized carbons (Fsp3) is 0.364. The second kappa shape index (κ2) is 9.93. The molecule has 0 bridgehead atoms. The number of fused-ring (bicyclic) bond motifs is 1. The molecule has 0 saturated carbocycles. The molecular weight excluding hydrogens is 370 g/mol. The SMILES string of the molecule is CCCN(CCC(=O)Nc1ccc2c(c1)OCO2)C(C)C(=O)Nc1ccccc1. The summed E-state index contributed by atoms with van der Waals surface area (Å²) in [6.07, 6.45) is 1.18. The van der Waals surface area contributed by atoms with Crippen molar-refractivity contribution in [2.45, 2.75) is 32.7 Å². The van der Waals surface area contributed by atoms with Crippen LogP contribution in [0.1, 0.15) is 26.7 Å². The summed E-state index contributed by atoms with van der Waals surface area (Å²) in [5, 5.41) is 5.80. The molecule has 1 atom stereocenters. The molecule has 0 radical (unpaired) electrons. The number of para-hydroxylation sites is 1. The molecule has 0 aliphatic carbocycles. The Bertz CT molecular complexity index is 841. The Morgan fingerprint density at radius 2 is 1.76 bits per heavy atom.